The molecule has 3 N–H and O–H groups in total. The van der Waals surface area contributed by atoms with Crippen molar-refractivity contribution >= 4 is 5.91 Å². The van der Waals surface area contributed by atoms with E-state index in [9.17, 15) is 4.79 Å². The molecule has 19 heavy (non-hydrogen) atoms. The molecular weight excluding hydrogens is 238 g/mol. The number of piperazine rings is 1. The van der Waals surface area contributed by atoms with Crippen LogP contribution in [0.1, 0.15) is 24.8 Å². The summed E-state index contributed by atoms with van der Waals surface area (Å²) in [4.78, 5) is 11.9. The fourth-order valence-corrected chi connectivity index (χ4v) is 2.32. The quantitative estimate of drug-likeness (QED) is 0.737. The molecule has 0 saturated carbocycles. The van der Waals surface area contributed by atoms with Crippen molar-refractivity contribution in [3.05, 3.63) is 35.9 Å². The summed E-state index contributed by atoms with van der Waals surface area (Å²) in [5, 5.41) is 9.44. The Morgan fingerprint density at radius 2 is 2.16 bits per heavy atom. The second-order valence-electron chi connectivity index (χ2n) is 5.10. The SMILES string of the molecule is CC(CCNC(=O)C1CNCCN1)c1ccccc1. The van der Waals surface area contributed by atoms with Crippen LogP contribution in [0.5, 0.6) is 0 Å². The van der Waals surface area contributed by atoms with Gasteiger partial charge in [0.25, 0.3) is 0 Å². The van der Waals surface area contributed by atoms with Crippen LogP contribution in [0.4, 0.5) is 0 Å². The van der Waals surface area contributed by atoms with E-state index >= 15 is 0 Å². The summed E-state index contributed by atoms with van der Waals surface area (Å²) >= 11 is 0. The summed E-state index contributed by atoms with van der Waals surface area (Å²) in [7, 11) is 0. The van der Waals surface area contributed by atoms with Gasteiger partial charge in [0.05, 0.1) is 6.04 Å². The summed E-state index contributed by atoms with van der Waals surface area (Å²) in [5.74, 6) is 0.575. The zero-order valence-electron chi connectivity index (χ0n) is 11.5. The highest BCUT2D eigenvalue weighted by molar-refractivity contribution is 5.82. The van der Waals surface area contributed by atoms with E-state index in [1.807, 2.05) is 6.07 Å². The van der Waals surface area contributed by atoms with Crippen molar-refractivity contribution in [3.63, 3.8) is 0 Å². The topological polar surface area (TPSA) is 53.2 Å². The largest absolute Gasteiger partial charge is 0.355 e. The maximum Gasteiger partial charge on any atom is 0.238 e. The molecule has 2 rings (SSSR count). The zero-order valence-corrected chi connectivity index (χ0v) is 11.5. The minimum atomic E-state index is -0.0826. The molecule has 1 aliphatic rings. The van der Waals surface area contributed by atoms with Gasteiger partial charge in [-0.3, -0.25) is 4.79 Å². The predicted octanol–water partition coefficient (Wildman–Crippen LogP) is 0.858. The molecule has 1 aliphatic heterocycles. The first-order valence-electron chi connectivity index (χ1n) is 7.04. The van der Waals surface area contributed by atoms with Crippen molar-refractivity contribution in [2.24, 2.45) is 0 Å². The number of hydrogen-bond acceptors (Lipinski definition) is 3. The molecule has 2 atom stereocenters. The lowest BCUT2D eigenvalue weighted by Gasteiger charge is -2.23. The number of carbonyl (C=O) groups is 1. The first-order valence-corrected chi connectivity index (χ1v) is 7.04. The third-order valence-electron chi connectivity index (χ3n) is 3.60. The standard InChI is InChI=1S/C15H23N3O/c1-12(13-5-3-2-4-6-13)7-8-18-15(19)14-11-16-9-10-17-14/h2-6,12,14,16-17H,7-11H2,1H3,(H,18,19). The van der Waals surface area contributed by atoms with Gasteiger partial charge >= 0.3 is 0 Å². The van der Waals surface area contributed by atoms with Crippen LogP contribution in [0.15, 0.2) is 30.3 Å². The summed E-state index contributed by atoms with van der Waals surface area (Å²) in [6, 6.07) is 10.3. The summed E-state index contributed by atoms with van der Waals surface area (Å²) < 4.78 is 0. The van der Waals surface area contributed by atoms with Gasteiger partial charge in [0.15, 0.2) is 0 Å². The molecule has 1 heterocycles. The second kappa shape index (κ2) is 7.26. The maximum absolute atomic E-state index is 11.9. The number of rotatable bonds is 5. The number of nitrogens with one attached hydrogen (secondary N) is 3. The average molecular weight is 261 g/mol. The van der Waals surface area contributed by atoms with E-state index in [0.29, 0.717) is 5.92 Å². The van der Waals surface area contributed by atoms with Crippen LogP contribution in [0.25, 0.3) is 0 Å². The van der Waals surface area contributed by atoms with Gasteiger partial charge in [0.1, 0.15) is 0 Å². The van der Waals surface area contributed by atoms with Crippen molar-refractivity contribution < 1.29 is 4.79 Å². The van der Waals surface area contributed by atoms with E-state index in [1.54, 1.807) is 0 Å². The number of benzene rings is 1. The van der Waals surface area contributed by atoms with E-state index in [2.05, 4.69) is 47.1 Å². The second-order valence-corrected chi connectivity index (χ2v) is 5.10. The van der Waals surface area contributed by atoms with Gasteiger partial charge in [-0.05, 0) is 17.9 Å². The van der Waals surface area contributed by atoms with Crippen LogP contribution < -0.4 is 16.0 Å². The molecule has 4 nitrogen and oxygen atoms in total. The first kappa shape index (κ1) is 14.0. The molecule has 0 bridgehead atoms. The summed E-state index contributed by atoms with van der Waals surface area (Å²) in [6.07, 6.45) is 0.968. The molecule has 1 fully saturated rings. The average Bonchev–Trinajstić information content (AvgIpc) is 2.49. The van der Waals surface area contributed by atoms with Gasteiger partial charge in [-0.1, -0.05) is 37.3 Å². The Morgan fingerprint density at radius 1 is 1.37 bits per heavy atom. The van der Waals surface area contributed by atoms with E-state index in [0.717, 1.165) is 32.6 Å². The fourth-order valence-electron chi connectivity index (χ4n) is 2.32. The van der Waals surface area contributed by atoms with Crippen molar-refractivity contribution in [3.8, 4) is 0 Å². The third-order valence-corrected chi connectivity index (χ3v) is 3.60. The van der Waals surface area contributed by atoms with Gasteiger partial charge < -0.3 is 16.0 Å². The van der Waals surface area contributed by atoms with Crippen molar-refractivity contribution in [1.82, 2.24) is 16.0 Å². The summed E-state index contributed by atoms with van der Waals surface area (Å²) in [6.45, 7) is 5.45. The number of hydrogen-bond donors (Lipinski definition) is 3. The molecule has 2 unspecified atom stereocenters. The molecule has 1 aromatic carbocycles. The van der Waals surface area contributed by atoms with Crippen LogP contribution in [0.2, 0.25) is 0 Å². The number of carbonyl (C=O) groups excluding carboxylic acids is 1. The van der Waals surface area contributed by atoms with Gasteiger partial charge in [-0.2, -0.15) is 0 Å². The highest BCUT2D eigenvalue weighted by Crippen LogP contribution is 2.17. The smallest absolute Gasteiger partial charge is 0.238 e. The minimum absolute atomic E-state index is 0.0826. The van der Waals surface area contributed by atoms with E-state index < -0.39 is 0 Å². The molecule has 1 saturated heterocycles. The van der Waals surface area contributed by atoms with Crippen LogP contribution in [-0.4, -0.2) is 38.1 Å². The zero-order chi connectivity index (χ0) is 13.5. The molecule has 0 aliphatic carbocycles. The lowest BCUT2D eigenvalue weighted by Crippen LogP contribution is -2.55. The Kier molecular flexibility index (Phi) is 5.36. The van der Waals surface area contributed by atoms with Crippen LogP contribution in [0, 0.1) is 0 Å². The van der Waals surface area contributed by atoms with E-state index in [-0.39, 0.29) is 11.9 Å². The Labute approximate surface area is 115 Å². The Morgan fingerprint density at radius 3 is 2.84 bits per heavy atom. The predicted molar refractivity (Wildman–Crippen MR) is 77.1 cm³/mol. The molecule has 0 aromatic heterocycles. The number of amides is 1. The van der Waals surface area contributed by atoms with Gasteiger partial charge in [-0.25, -0.2) is 0 Å². The monoisotopic (exact) mass is 261 g/mol. The van der Waals surface area contributed by atoms with Gasteiger partial charge in [-0.15, -0.1) is 0 Å². The normalized spacial score (nSPS) is 20.8. The van der Waals surface area contributed by atoms with Crippen LogP contribution in [-0.2, 0) is 4.79 Å². The van der Waals surface area contributed by atoms with Crippen LogP contribution in [0.3, 0.4) is 0 Å². The van der Waals surface area contributed by atoms with Crippen molar-refractivity contribution in [2.75, 3.05) is 26.2 Å². The summed E-state index contributed by atoms with van der Waals surface area (Å²) in [5.41, 5.74) is 1.33. The van der Waals surface area contributed by atoms with E-state index in [4.69, 9.17) is 0 Å². The lowest BCUT2D eigenvalue weighted by molar-refractivity contribution is -0.123. The van der Waals surface area contributed by atoms with Gasteiger partial charge in [0, 0.05) is 26.2 Å². The molecule has 104 valence electrons. The van der Waals surface area contributed by atoms with E-state index in [1.165, 1.54) is 5.56 Å². The molecule has 0 radical (unpaired) electrons. The highest BCUT2D eigenvalue weighted by Gasteiger charge is 2.19. The molecular formula is C15H23N3O. The van der Waals surface area contributed by atoms with Crippen LogP contribution >= 0.6 is 0 Å². The highest BCUT2D eigenvalue weighted by atomic mass is 16.2. The Hall–Kier alpha value is -1.39. The lowest BCUT2D eigenvalue weighted by atomic mass is 9.98. The maximum atomic E-state index is 11.9. The van der Waals surface area contributed by atoms with Crippen molar-refractivity contribution in [1.29, 1.82) is 0 Å². The molecule has 1 aromatic rings. The fraction of sp³-hybridized carbons (Fsp3) is 0.533. The third kappa shape index (κ3) is 4.33. The first-order chi connectivity index (χ1) is 9.27. The Balaban J connectivity index is 1.69. The molecule has 0 spiro atoms. The molecule has 4 heteroatoms. The minimum Gasteiger partial charge on any atom is -0.355 e. The van der Waals surface area contributed by atoms with Crippen molar-refractivity contribution in [2.45, 2.75) is 25.3 Å². The Bertz CT molecular complexity index is 388. The van der Waals surface area contributed by atoms with Gasteiger partial charge in [0.2, 0.25) is 5.91 Å². The molecule has 1 amide bonds.